The lowest BCUT2D eigenvalue weighted by atomic mass is 10.0. The highest BCUT2D eigenvalue weighted by atomic mass is 16.6. The Balaban J connectivity index is 4.33. The fraction of sp³-hybridized carbons (Fsp3) is 0.727. The number of unbranched alkanes of at least 4 members (excludes halogenated alkanes) is 35. The Morgan fingerprint density at radius 3 is 0.735 bits per heavy atom. The Labute approximate surface area is 514 Å². The first-order chi connectivity index (χ1) is 41.0. The van der Waals surface area contributed by atoms with Gasteiger partial charge in [-0.1, -0.05) is 304 Å². The molecule has 0 aromatic heterocycles. The molecule has 476 valence electrons. The zero-order valence-electron chi connectivity index (χ0n) is 54.7. The Morgan fingerprint density at radius 1 is 0.253 bits per heavy atom. The minimum atomic E-state index is -0.796. The summed E-state index contributed by atoms with van der Waals surface area (Å²) in [6.07, 6.45) is 96.8. The molecule has 0 fully saturated rings. The van der Waals surface area contributed by atoms with Crippen LogP contribution in [0.3, 0.4) is 0 Å². The van der Waals surface area contributed by atoms with Crippen LogP contribution in [-0.4, -0.2) is 37.2 Å². The summed E-state index contributed by atoms with van der Waals surface area (Å²) in [5.41, 5.74) is 0. The third-order valence-corrected chi connectivity index (χ3v) is 15.2. The number of ether oxygens (including phenoxy) is 3. The van der Waals surface area contributed by atoms with Crippen LogP contribution in [0.15, 0.2) is 109 Å². The molecule has 0 aromatic carbocycles. The number of hydrogen-bond donors (Lipinski definition) is 0. The lowest BCUT2D eigenvalue weighted by molar-refractivity contribution is -0.167. The summed E-state index contributed by atoms with van der Waals surface area (Å²) >= 11 is 0. The summed E-state index contributed by atoms with van der Waals surface area (Å²) in [7, 11) is 0. The standard InChI is InChI=1S/C77H132O6/c1-4-7-10-13-16-19-22-25-28-30-32-34-35-36-37-38-39-40-41-43-44-46-49-52-55-58-61-64-67-70-76(79)82-73-74(72-81-75(78)69-66-63-60-57-54-51-48-27-24-21-18-15-12-9-6-3)83-77(80)71-68-65-62-59-56-53-50-47-45-42-33-31-29-26-23-20-17-14-11-8-5-2/h9,12,18,21-23,25-27,30-33,35-36,45,47-48,74H,4-8,10-11,13-17,19-20,24,28-29,34,37-44,46,49-73H2,1-3H3/b12-9-,21-18-,25-22-,26-23-,32-30-,33-31-,36-35-,47-45-,48-27-. The van der Waals surface area contributed by atoms with Crippen LogP contribution < -0.4 is 0 Å². The monoisotopic (exact) mass is 1150 g/mol. The van der Waals surface area contributed by atoms with Gasteiger partial charge in [0.1, 0.15) is 13.2 Å². The van der Waals surface area contributed by atoms with Crippen LogP contribution in [0.2, 0.25) is 0 Å². The van der Waals surface area contributed by atoms with Crippen molar-refractivity contribution >= 4 is 17.9 Å². The number of rotatable bonds is 64. The maximum Gasteiger partial charge on any atom is 0.306 e. The summed E-state index contributed by atoms with van der Waals surface area (Å²) in [4.78, 5) is 38.4. The fourth-order valence-corrected chi connectivity index (χ4v) is 9.94. The Morgan fingerprint density at radius 2 is 0.470 bits per heavy atom. The third kappa shape index (κ3) is 68.7. The van der Waals surface area contributed by atoms with E-state index in [0.29, 0.717) is 19.3 Å². The number of esters is 3. The maximum atomic E-state index is 13.0. The van der Waals surface area contributed by atoms with Gasteiger partial charge in [-0.2, -0.15) is 0 Å². The Kier molecular flexibility index (Phi) is 67.2. The van der Waals surface area contributed by atoms with Gasteiger partial charge in [-0.3, -0.25) is 14.4 Å². The zero-order chi connectivity index (χ0) is 59.9. The number of carbonyl (C=O) groups is 3. The van der Waals surface area contributed by atoms with Gasteiger partial charge in [-0.05, 0) is 128 Å². The molecule has 0 aromatic rings. The number of hydrogen-bond acceptors (Lipinski definition) is 6. The topological polar surface area (TPSA) is 78.9 Å². The third-order valence-electron chi connectivity index (χ3n) is 15.2. The lowest BCUT2D eigenvalue weighted by Crippen LogP contribution is -2.30. The molecule has 6 nitrogen and oxygen atoms in total. The lowest BCUT2D eigenvalue weighted by Gasteiger charge is -2.18. The molecule has 0 aliphatic carbocycles. The molecule has 83 heavy (non-hydrogen) atoms. The van der Waals surface area contributed by atoms with Crippen LogP contribution >= 0.6 is 0 Å². The SMILES string of the molecule is CC/C=C\C/C=C\C/C=C\CCCCCCCC(=O)OCC(COC(=O)CCCCCCCCCCCCCCCC/C=C\C/C=C\C/C=C\CCCCCCC)OC(=O)CCCCCCCC/C=C\C/C=C\C/C=C\CCCCCCC. The summed E-state index contributed by atoms with van der Waals surface area (Å²) in [6.45, 7) is 6.51. The second-order valence-electron chi connectivity index (χ2n) is 23.4. The Hall–Kier alpha value is -3.93. The molecule has 0 amide bonds. The molecule has 0 radical (unpaired) electrons. The first-order valence-electron chi connectivity index (χ1n) is 35.4. The van der Waals surface area contributed by atoms with E-state index in [1.807, 2.05) is 0 Å². The van der Waals surface area contributed by atoms with Gasteiger partial charge in [0.15, 0.2) is 6.10 Å². The van der Waals surface area contributed by atoms with E-state index < -0.39 is 6.10 Å². The fourth-order valence-electron chi connectivity index (χ4n) is 9.94. The molecular formula is C77H132O6. The van der Waals surface area contributed by atoms with E-state index in [4.69, 9.17) is 14.2 Å². The summed E-state index contributed by atoms with van der Waals surface area (Å²) in [6, 6.07) is 0. The highest BCUT2D eigenvalue weighted by molar-refractivity contribution is 5.71. The van der Waals surface area contributed by atoms with Gasteiger partial charge in [0.2, 0.25) is 0 Å². The van der Waals surface area contributed by atoms with Crippen molar-refractivity contribution < 1.29 is 28.6 Å². The first-order valence-corrected chi connectivity index (χ1v) is 35.4. The predicted octanol–water partition coefficient (Wildman–Crippen LogP) is 24.6. The van der Waals surface area contributed by atoms with Gasteiger partial charge in [-0.15, -0.1) is 0 Å². The van der Waals surface area contributed by atoms with Crippen molar-refractivity contribution in [3.8, 4) is 0 Å². The van der Waals surface area contributed by atoms with E-state index in [0.717, 1.165) is 135 Å². The van der Waals surface area contributed by atoms with E-state index in [-0.39, 0.29) is 31.1 Å². The van der Waals surface area contributed by atoms with Crippen molar-refractivity contribution in [1.29, 1.82) is 0 Å². The Bertz CT molecular complexity index is 1660. The smallest absolute Gasteiger partial charge is 0.306 e. The number of allylic oxidation sites excluding steroid dienone is 18. The average molecular weight is 1150 g/mol. The van der Waals surface area contributed by atoms with Crippen LogP contribution in [0.5, 0.6) is 0 Å². The molecule has 0 bridgehead atoms. The van der Waals surface area contributed by atoms with Crippen LogP contribution in [0, 0.1) is 0 Å². The molecule has 0 saturated heterocycles. The minimum absolute atomic E-state index is 0.0891. The average Bonchev–Trinajstić information content (AvgIpc) is 3.49. The van der Waals surface area contributed by atoms with Crippen molar-refractivity contribution in [3.63, 3.8) is 0 Å². The molecule has 1 unspecified atom stereocenters. The van der Waals surface area contributed by atoms with Crippen LogP contribution in [0.1, 0.15) is 342 Å². The molecule has 6 heteroatoms. The largest absolute Gasteiger partial charge is 0.462 e. The van der Waals surface area contributed by atoms with Crippen molar-refractivity contribution in [2.75, 3.05) is 13.2 Å². The molecule has 0 rings (SSSR count). The van der Waals surface area contributed by atoms with Crippen LogP contribution in [-0.2, 0) is 28.6 Å². The van der Waals surface area contributed by atoms with Gasteiger partial charge in [-0.25, -0.2) is 0 Å². The molecule has 0 aliphatic rings. The van der Waals surface area contributed by atoms with Gasteiger partial charge in [0.05, 0.1) is 0 Å². The molecular weight excluding hydrogens is 1020 g/mol. The van der Waals surface area contributed by atoms with E-state index in [1.54, 1.807) is 0 Å². The summed E-state index contributed by atoms with van der Waals surface area (Å²) < 4.78 is 17.0. The second kappa shape index (κ2) is 70.6. The van der Waals surface area contributed by atoms with Gasteiger partial charge >= 0.3 is 17.9 Å². The summed E-state index contributed by atoms with van der Waals surface area (Å²) in [5, 5.41) is 0. The minimum Gasteiger partial charge on any atom is -0.462 e. The van der Waals surface area contributed by atoms with Crippen molar-refractivity contribution in [1.82, 2.24) is 0 Å². The quantitative estimate of drug-likeness (QED) is 0.0261. The molecule has 1 atom stereocenters. The zero-order valence-corrected chi connectivity index (χ0v) is 54.7. The van der Waals surface area contributed by atoms with E-state index in [1.165, 1.54) is 167 Å². The normalized spacial score (nSPS) is 12.8. The van der Waals surface area contributed by atoms with Gasteiger partial charge < -0.3 is 14.2 Å². The van der Waals surface area contributed by atoms with E-state index in [2.05, 4.69) is 130 Å². The van der Waals surface area contributed by atoms with Crippen molar-refractivity contribution in [2.24, 2.45) is 0 Å². The van der Waals surface area contributed by atoms with Gasteiger partial charge in [0, 0.05) is 19.3 Å². The second-order valence-corrected chi connectivity index (χ2v) is 23.4. The highest BCUT2D eigenvalue weighted by Crippen LogP contribution is 2.17. The maximum absolute atomic E-state index is 13.0. The summed E-state index contributed by atoms with van der Waals surface area (Å²) in [5.74, 6) is -0.908. The van der Waals surface area contributed by atoms with Gasteiger partial charge in [0.25, 0.3) is 0 Å². The van der Waals surface area contributed by atoms with Crippen LogP contribution in [0.4, 0.5) is 0 Å². The number of carbonyl (C=O) groups excluding carboxylic acids is 3. The molecule has 0 heterocycles. The molecule has 0 N–H and O–H groups in total. The van der Waals surface area contributed by atoms with E-state index in [9.17, 15) is 14.4 Å². The predicted molar refractivity (Wildman–Crippen MR) is 362 cm³/mol. The highest BCUT2D eigenvalue weighted by Gasteiger charge is 2.19. The van der Waals surface area contributed by atoms with E-state index >= 15 is 0 Å². The van der Waals surface area contributed by atoms with Crippen molar-refractivity contribution in [3.05, 3.63) is 109 Å². The first kappa shape index (κ1) is 79.1. The molecule has 0 spiro atoms. The molecule has 0 saturated carbocycles. The molecule has 0 aliphatic heterocycles. The van der Waals surface area contributed by atoms with Crippen molar-refractivity contribution in [2.45, 2.75) is 348 Å². The van der Waals surface area contributed by atoms with Crippen LogP contribution in [0.25, 0.3) is 0 Å².